The Morgan fingerprint density at radius 1 is 0.733 bits per heavy atom. The van der Waals surface area contributed by atoms with E-state index in [0.717, 1.165) is 40.7 Å². The van der Waals surface area contributed by atoms with Gasteiger partial charge in [0.15, 0.2) is 0 Å². The second kappa shape index (κ2) is 15.3. The molecule has 3 aromatic carbocycles. The molecule has 4 rings (SSSR count). The van der Waals surface area contributed by atoms with E-state index in [4.69, 9.17) is 24.1 Å². The zero-order chi connectivity index (χ0) is 32.5. The summed E-state index contributed by atoms with van der Waals surface area (Å²) < 4.78 is 21.5. The van der Waals surface area contributed by atoms with Crippen LogP contribution in [0.2, 0.25) is 0 Å². The maximum absolute atomic E-state index is 12.3. The SMILES string of the molecule is C=C(C)C(=O)Oc1ccc(-c2ccc(-c3ccc(OC(=O)C(=C)CO)cc3)cc2)c(C2CCC(OC(=O)C(=C)COC)CC2)c1. The first-order valence-corrected chi connectivity index (χ1v) is 14.7. The highest BCUT2D eigenvalue weighted by atomic mass is 16.5. The Morgan fingerprint density at radius 2 is 1.29 bits per heavy atom. The van der Waals surface area contributed by atoms with Gasteiger partial charge in [0.05, 0.1) is 24.4 Å². The van der Waals surface area contributed by atoms with Gasteiger partial charge in [-0.3, -0.25) is 0 Å². The van der Waals surface area contributed by atoms with E-state index in [0.29, 0.717) is 35.5 Å². The molecule has 1 fully saturated rings. The summed E-state index contributed by atoms with van der Waals surface area (Å²) in [5.41, 5.74) is 5.58. The van der Waals surface area contributed by atoms with Gasteiger partial charge in [0, 0.05) is 12.7 Å². The maximum atomic E-state index is 12.3. The first-order chi connectivity index (χ1) is 21.6. The zero-order valence-corrected chi connectivity index (χ0v) is 25.7. The van der Waals surface area contributed by atoms with E-state index in [-0.39, 0.29) is 24.2 Å². The van der Waals surface area contributed by atoms with Gasteiger partial charge in [0.1, 0.15) is 17.6 Å². The van der Waals surface area contributed by atoms with E-state index >= 15 is 0 Å². The number of esters is 3. The monoisotopic (exact) mass is 610 g/mol. The summed E-state index contributed by atoms with van der Waals surface area (Å²) in [6, 6.07) is 20.9. The highest BCUT2D eigenvalue weighted by molar-refractivity contribution is 5.90. The van der Waals surface area contributed by atoms with Crippen LogP contribution >= 0.6 is 0 Å². The summed E-state index contributed by atoms with van der Waals surface area (Å²) in [6.45, 7) is 12.2. The molecule has 0 radical (unpaired) electrons. The van der Waals surface area contributed by atoms with Crippen LogP contribution in [0.15, 0.2) is 103 Å². The predicted molar refractivity (Wildman–Crippen MR) is 172 cm³/mol. The first kappa shape index (κ1) is 33.1. The zero-order valence-electron chi connectivity index (χ0n) is 25.7. The van der Waals surface area contributed by atoms with Crippen molar-refractivity contribution in [2.45, 2.75) is 44.6 Å². The van der Waals surface area contributed by atoms with E-state index in [1.807, 2.05) is 48.5 Å². The van der Waals surface area contributed by atoms with Crippen LogP contribution in [0, 0.1) is 0 Å². The van der Waals surface area contributed by atoms with Crippen molar-refractivity contribution in [1.82, 2.24) is 0 Å². The van der Waals surface area contributed by atoms with Crippen LogP contribution in [-0.2, 0) is 23.9 Å². The van der Waals surface area contributed by atoms with Crippen molar-refractivity contribution in [2.24, 2.45) is 0 Å². The summed E-state index contributed by atoms with van der Waals surface area (Å²) in [5.74, 6) is -0.615. The largest absolute Gasteiger partial charge is 0.459 e. The molecule has 0 aromatic heterocycles. The molecule has 8 nitrogen and oxygen atoms in total. The van der Waals surface area contributed by atoms with E-state index in [1.165, 1.54) is 7.11 Å². The van der Waals surface area contributed by atoms with Gasteiger partial charge >= 0.3 is 17.9 Å². The molecule has 1 N–H and O–H groups in total. The molecule has 0 spiro atoms. The molecule has 0 bridgehead atoms. The van der Waals surface area contributed by atoms with Gasteiger partial charge in [-0.15, -0.1) is 0 Å². The van der Waals surface area contributed by atoms with Crippen LogP contribution in [0.5, 0.6) is 11.5 Å². The van der Waals surface area contributed by atoms with Crippen LogP contribution in [-0.4, -0.2) is 49.4 Å². The van der Waals surface area contributed by atoms with Crippen molar-refractivity contribution in [3.8, 4) is 33.8 Å². The number of carbonyl (C=O) groups is 3. The summed E-state index contributed by atoms with van der Waals surface area (Å²) >= 11 is 0. The third-order valence-corrected chi connectivity index (χ3v) is 7.65. The number of aliphatic hydroxyl groups is 1. The summed E-state index contributed by atoms with van der Waals surface area (Å²) in [7, 11) is 1.51. The van der Waals surface area contributed by atoms with Crippen LogP contribution in [0.1, 0.15) is 44.1 Å². The number of rotatable bonds is 12. The fraction of sp³-hybridized carbons (Fsp3) is 0.270. The smallest absolute Gasteiger partial charge is 0.341 e. The summed E-state index contributed by atoms with van der Waals surface area (Å²) in [6.07, 6.45) is 2.78. The van der Waals surface area contributed by atoms with Gasteiger partial charge in [-0.25, -0.2) is 14.4 Å². The minimum atomic E-state index is -0.673. The third kappa shape index (κ3) is 8.65. The molecular weight excluding hydrogens is 572 g/mol. The molecule has 0 atom stereocenters. The number of carbonyl (C=O) groups excluding carboxylic acids is 3. The van der Waals surface area contributed by atoms with Gasteiger partial charge in [0.25, 0.3) is 0 Å². The van der Waals surface area contributed by atoms with Crippen molar-refractivity contribution in [2.75, 3.05) is 20.3 Å². The second-order valence-electron chi connectivity index (χ2n) is 11.1. The van der Waals surface area contributed by atoms with E-state index in [1.54, 1.807) is 25.1 Å². The Labute approximate surface area is 263 Å². The molecular formula is C37H38O8. The quantitative estimate of drug-likeness (QED) is 0.137. The number of ether oxygens (including phenoxy) is 4. The Bertz CT molecular complexity index is 1580. The Morgan fingerprint density at radius 3 is 1.87 bits per heavy atom. The topological polar surface area (TPSA) is 108 Å². The molecule has 0 unspecified atom stereocenters. The fourth-order valence-corrected chi connectivity index (χ4v) is 5.16. The fourth-order valence-electron chi connectivity index (χ4n) is 5.16. The number of hydrogen-bond acceptors (Lipinski definition) is 8. The van der Waals surface area contributed by atoms with Crippen LogP contribution in [0.4, 0.5) is 0 Å². The summed E-state index contributed by atoms with van der Waals surface area (Å²) in [4.78, 5) is 36.5. The Hall–Kier alpha value is -4.79. The molecule has 1 saturated carbocycles. The van der Waals surface area contributed by atoms with Crippen molar-refractivity contribution in [3.63, 3.8) is 0 Å². The Balaban J connectivity index is 1.54. The van der Waals surface area contributed by atoms with E-state index in [2.05, 4.69) is 19.7 Å². The third-order valence-electron chi connectivity index (χ3n) is 7.65. The molecule has 45 heavy (non-hydrogen) atoms. The lowest BCUT2D eigenvalue weighted by molar-refractivity contribution is -0.146. The normalized spacial score (nSPS) is 15.9. The summed E-state index contributed by atoms with van der Waals surface area (Å²) in [5, 5.41) is 9.06. The van der Waals surface area contributed by atoms with Gasteiger partial charge < -0.3 is 24.1 Å². The highest BCUT2D eigenvalue weighted by Gasteiger charge is 2.28. The number of hydrogen-bond donors (Lipinski definition) is 1. The van der Waals surface area contributed by atoms with Crippen molar-refractivity contribution < 1.29 is 38.4 Å². The van der Waals surface area contributed by atoms with Crippen LogP contribution in [0.3, 0.4) is 0 Å². The molecule has 3 aromatic rings. The van der Waals surface area contributed by atoms with Crippen molar-refractivity contribution in [1.29, 1.82) is 0 Å². The molecule has 0 heterocycles. The van der Waals surface area contributed by atoms with Gasteiger partial charge in [-0.05, 0) is 90.6 Å². The molecule has 0 saturated heterocycles. The van der Waals surface area contributed by atoms with Crippen LogP contribution in [0.25, 0.3) is 22.3 Å². The van der Waals surface area contributed by atoms with Gasteiger partial charge in [-0.2, -0.15) is 0 Å². The maximum Gasteiger partial charge on any atom is 0.341 e. The Kier molecular flexibility index (Phi) is 11.2. The standard InChI is InChI=1S/C37H38O8/c1-23(2)35(39)45-32-18-19-33(34(20-32)29-12-16-31(17-13-29)44-37(41)25(4)22-42-5)28-8-6-26(7-9-28)27-10-14-30(15-11-27)43-36(40)24(3)21-38/h6-11,14-15,18-20,29,31,38H,1,3-4,12-13,16-17,21-22H2,2,5H3. The van der Waals surface area contributed by atoms with E-state index in [9.17, 15) is 14.4 Å². The van der Waals surface area contributed by atoms with Crippen molar-refractivity contribution >= 4 is 17.9 Å². The highest BCUT2D eigenvalue weighted by Crippen LogP contribution is 2.41. The molecule has 0 aliphatic heterocycles. The predicted octanol–water partition coefficient (Wildman–Crippen LogP) is 6.73. The molecule has 8 heteroatoms. The lowest BCUT2D eigenvalue weighted by Crippen LogP contribution is -2.25. The minimum absolute atomic E-state index is 0.0169. The number of aliphatic hydroxyl groups excluding tert-OH is 1. The van der Waals surface area contributed by atoms with Gasteiger partial charge in [0.2, 0.25) is 0 Å². The molecule has 0 amide bonds. The van der Waals surface area contributed by atoms with Crippen molar-refractivity contribution in [3.05, 3.63) is 109 Å². The van der Waals surface area contributed by atoms with Crippen LogP contribution < -0.4 is 9.47 Å². The lowest BCUT2D eigenvalue weighted by atomic mass is 9.79. The average Bonchev–Trinajstić information content (AvgIpc) is 3.05. The van der Waals surface area contributed by atoms with Gasteiger partial charge in [-0.1, -0.05) is 62.2 Å². The second-order valence-corrected chi connectivity index (χ2v) is 11.1. The minimum Gasteiger partial charge on any atom is -0.459 e. The lowest BCUT2D eigenvalue weighted by Gasteiger charge is -2.30. The molecule has 1 aliphatic rings. The number of methoxy groups -OCH3 is 1. The van der Waals surface area contributed by atoms with E-state index < -0.39 is 24.5 Å². The average molecular weight is 611 g/mol. The molecule has 1 aliphatic carbocycles. The number of benzene rings is 3. The first-order valence-electron chi connectivity index (χ1n) is 14.7. The molecule has 234 valence electrons.